The van der Waals surface area contributed by atoms with E-state index < -0.39 is 45.3 Å². The molecule has 2 aromatic carbocycles. The number of hydrogen-bond donors (Lipinski definition) is 1. The van der Waals surface area contributed by atoms with E-state index in [2.05, 4.69) is 15.9 Å². The largest absolute Gasteiger partial charge is 0.295 e. The first-order chi connectivity index (χ1) is 10.5. The minimum atomic E-state index is -4.86. The van der Waals surface area contributed by atoms with Gasteiger partial charge in [-0.05, 0) is 24.3 Å². The van der Waals surface area contributed by atoms with Crippen LogP contribution in [0.3, 0.4) is 0 Å². The summed E-state index contributed by atoms with van der Waals surface area (Å²) < 4.78 is 57.6. The molecule has 0 aromatic heterocycles. The molecule has 0 spiro atoms. The molecule has 0 radical (unpaired) electrons. The van der Waals surface area contributed by atoms with Gasteiger partial charge in [0.25, 0.3) is 15.8 Å². The Bertz CT molecular complexity index is 1000. The van der Waals surface area contributed by atoms with E-state index in [0.29, 0.717) is 0 Å². The van der Waals surface area contributed by atoms with Gasteiger partial charge in [0.1, 0.15) is 9.79 Å². The topological polar surface area (TPSA) is 132 Å². The molecule has 0 saturated heterocycles. The maximum Gasteiger partial charge on any atom is 0.295 e. The SMILES string of the molecule is O=[N+]([O-])c1ccccc1S(=O)(=O)c1ccc(Br)cc1S(=O)(=O)O. The average molecular weight is 422 g/mol. The van der Waals surface area contributed by atoms with Crippen LogP contribution in [0.4, 0.5) is 5.69 Å². The van der Waals surface area contributed by atoms with Crippen molar-refractivity contribution in [2.75, 3.05) is 0 Å². The Morgan fingerprint density at radius 1 is 0.957 bits per heavy atom. The van der Waals surface area contributed by atoms with E-state index in [9.17, 15) is 31.5 Å². The Kier molecular flexibility index (Phi) is 4.57. The van der Waals surface area contributed by atoms with Gasteiger partial charge >= 0.3 is 0 Å². The maximum atomic E-state index is 12.6. The van der Waals surface area contributed by atoms with Gasteiger partial charge in [-0.25, -0.2) is 8.42 Å². The smallest absolute Gasteiger partial charge is 0.282 e. The molecule has 0 amide bonds. The van der Waals surface area contributed by atoms with Crippen molar-refractivity contribution in [3.8, 4) is 0 Å². The number of para-hydroxylation sites is 1. The highest BCUT2D eigenvalue weighted by Crippen LogP contribution is 2.33. The molecule has 0 heterocycles. The molecule has 8 nitrogen and oxygen atoms in total. The zero-order valence-electron chi connectivity index (χ0n) is 11.1. The maximum absolute atomic E-state index is 12.6. The zero-order valence-corrected chi connectivity index (χ0v) is 14.3. The highest BCUT2D eigenvalue weighted by Gasteiger charge is 2.32. The van der Waals surface area contributed by atoms with Gasteiger partial charge in [0.15, 0.2) is 0 Å². The highest BCUT2D eigenvalue weighted by atomic mass is 79.9. The normalized spacial score (nSPS) is 12.1. The van der Waals surface area contributed by atoms with Gasteiger partial charge in [-0.3, -0.25) is 14.7 Å². The first-order valence-corrected chi connectivity index (χ1v) is 9.52. The summed E-state index contributed by atoms with van der Waals surface area (Å²) in [6.45, 7) is 0. The minimum absolute atomic E-state index is 0.214. The molecule has 0 bridgehead atoms. The fourth-order valence-corrected chi connectivity index (χ4v) is 5.10. The van der Waals surface area contributed by atoms with Crippen molar-refractivity contribution in [3.63, 3.8) is 0 Å². The molecule has 0 saturated carbocycles. The third-order valence-electron chi connectivity index (χ3n) is 2.82. The molecule has 0 aliphatic carbocycles. The van der Waals surface area contributed by atoms with Gasteiger partial charge < -0.3 is 0 Å². The predicted octanol–water partition coefficient (Wildman–Crippen LogP) is 2.44. The molecule has 1 N–H and O–H groups in total. The molecular weight excluding hydrogens is 414 g/mol. The highest BCUT2D eigenvalue weighted by molar-refractivity contribution is 9.10. The molecular formula is C12H8BrNO7S2. The Morgan fingerprint density at radius 2 is 1.57 bits per heavy atom. The standard InChI is InChI=1S/C12H8BrNO7S2/c13-8-5-6-11(12(7-8)23(19,20)21)22(17,18)10-4-2-1-3-9(10)14(15)16/h1-7H,(H,19,20,21). The number of nitro benzene ring substituents is 1. The van der Waals surface area contributed by atoms with Gasteiger partial charge in [-0.15, -0.1) is 0 Å². The van der Waals surface area contributed by atoms with Crippen LogP contribution >= 0.6 is 15.9 Å². The molecule has 0 aliphatic heterocycles. The van der Waals surface area contributed by atoms with Gasteiger partial charge in [0, 0.05) is 10.5 Å². The van der Waals surface area contributed by atoms with Crippen LogP contribution in [0.1, 0.15) is 0 Å². The zero-order chi connectivity index (χ0) is 17.4. The molecule has 0 fully saturated rings. The fourth-order valence-electron chi connectivity index (χ4n) is 1.86. The van der Waals surface area contributed by atoms with Crippen molar-refractivity contribution >= 4 is 41.6 Å². The van der Waals surface area contributed by atoms with Gasteiger partial charge in [-0.1, -0.05) is 28.1 Å². The molecule has 0 aliphatic rings. The monoisotopic (exact) mass is 421 g/mol. The number of rotatable bonds is 4. The van der Waals surface area contributed by atoms with Crippen LogP contribution in [0, 0.1) is 10.1 Å². The van der Waals surface area contributed by atoms with Gasteiger partial charge in [0.2, 0.25) is 9.84 Å². The van der Waals surface area contributed by atoms with Crippen molar-refractivity contribution in [2.24, 2.45) is 0 Å². The lowest BCUT2D eigenvalue weighted by molar-refractivity contribution is -0.387. The molecule has 23 heavy (non-hydrogen) atoms. The first kappa shape index (κ1) is 17.5. The Labute approximate surface area is 139 Å². The minimum Gasteiger partial charge on any atom is -0.282 e. The van der Waals surface area contributed by atoms with Gasteiger partial charge in [0.05, 0.1) is 9.82 Å². The molecule has 0 atom stereocenters. The van der Waals surface area contributed by atoms with E-state index in [0.717, 1.165) is 24.3 Å². The van der Waals surface area contributed by atoms with Crippen molar-refractivity contribution in [1.29, 1.82) is 0 Å². The molecule has 0 unspecified atom stereocenters. The van der Waals surface area contributed by atoms with Crippen LogP contribution in [-0.4, -0.2) is 26.3 Å². The van der Waals surface area contributed by atoms with Crippen LogP contribution in [0.25, 0.3) is 0 Å². The van der Waals surface area contributed by atoms with E-state index >= 15 is 0 Å². The van der Waals surface area contributed by atoms with E-state index in [1.807, 2.05) is 0 Å². The summed E-state index contributed by atoms with van der Waals surface area (Å²) in [4.78, 5) is 7.82. The van der Waals surface area contributed by atoms with Crippen LogP contribution in [0.2, 0.25) is 0 Å². The molecule has 11 heteroatoms. The van der Waals surface area contributed by atoms with Crippen molar-refractivity contribution in [2.45, 2.75) is 14.7 Å². The lowest BCUT2D eigenvalue weighted by Crippen LogP contribution is -2.11. The van der Waals surface area contributed by atoms with Gasteiger partial charge in [-0.2, -0.15) is 8.42 Å². The second-order valence-electron chi connectivity index (χ2n) is 4.29. The lowest BCUT2D eigenvalue weighted by Gasteiger charge is -2.09. The Hall–Kier alpha value is -1.82. The lowest BCUT2D eigenvalue weighted by atomic mass is 10.3. The molecule has 2 aromatic rings. The van der Waals surface area contributed by atoms with E-state index in [1.165, 1.54) is 18.2 Å². The van der Waals surface area contributed by atoms with Crippen LogP contribution in [0.15, 0.2) is 61.6 Å². The summed E-state index contributed by atoms with van der Waals surface area (Å²) in [5, 5.41) is 11.0. The second kappa shape index (κ2) is 6.00. The van der Waals surface area contributed by atoms with Crippen molar-refractivity contribution in [3.05, 3.63) is 57.1 Å². The Balaban J connectivity index is 2.85. The van der Waals surface area contributed by atoms with Crippen LogP contribution in [0.5, 0.6) is 0 Å². The third-order valence-corrected chi connectivity index (χ3v) is 6.20. The van der Waals surface area contributed by atoms with Crippen molar-refractivity contribution in [1.82, 2.24) is 0 Å². The van der Waals surface area contributed by atoms with E-state index in [4.69, 9.17) is 0 Å². The van der Waals surface area contributed by atoms with Crippen molar-refractivity contribution < 1.29 is 26.3 Å². The number of halogens is 1. The number of nitrogens with zero attached hydrogens (tertiary/aromatic N) is 1. The van der Waals surface area contributed by atoms with E-state index in [-0.39, 0.29) is 4.47 Å². The Morgan fingerprint density at radius 3 is 2.13 bits per heavy atom. The number of sulfone groups is 1. The second-order valence-corrected chi connectivity index (χ2v) is 8.49. The number of hydrogen-bond acceptors (Lipinski definition) is 6. The summed E-state index contributed by atoms with van der Waals surface area (Å²) in [6, 6.07) is 7.61. The average Bonchev–Trinajstić information content (AvgIpc) is 2.46. The summed E-state index contributed by atoms with van der Waals surface area (Å²) in [7, 11) is -9.41. The predicted molar refractivity (Wildman–Crippen MR) is 82.5 cm³/mol. The summed E-state index contributed by atoms with van der Waals surface area (Å²) in [6.07, 6.45) is 0. The fraction of sp³-hybridized carbons (Fsp3) is 0. The first-order valence-electron chi connectivity index (χ1n) is 5.80. The van der Waals surface area contributed by atoms with Crippen LogP contribution < -0.4 is 0 Å². The number of benzene rings is 2. The summed E-state index contributed by atoms with van der Waals surface area (Å²) in [5.41, 5.74) is -0.697. The summed E-state index contributed by atoms with van der Waals surface area (Å²) >= 11 is 2.97. The quantitative estimate of drug-likeness (QED) is 0.455. The third kappa shape index (κ3) is 3.42. The summed E-state index contributed by atoms with van der Waals surface area (Å²) in [5.74, 6) is 0. The molecule has 122 valence electrons. The molecule has 2 rings (SSSR count). The number of nitro groups is 1. The van der Waals surface area contributed by atoms with Crippen LogP contribution in [-0.2, 0) is 20.0 Å². The van der Waals surface area contributed by atoms with E-state index in [1.54, 1.807) is 0 Å².